The van der Waals surface area contributed by atoms with Crippen molar-refractivity contribution in [2.75, 3.05) is 17.2 Å². The second kappa shape index (κ2) is 7.41. The molecule has 0 aliphatic carbocycles. The van der Waals surface area contributed by atoms with Crippen LogP contribution < -0.4 is 10.6 Å². The summed E-state index contributed by atoms with van der Waals surface area (Å²) in [6, 6.07) is 1.11. The second-order valence-corrected chi connectivity index (χ2v) is 7.20. The third-order valence-electron chi connectivity index (χ3n) is 2.97. The van der Waals surface area contributed by atoms with Crippen molar-refractivity contribution in [3.8, 4) is 5.75 Å². The maximum atomic E-state index is 12.2. The molecular formula is C13H14ClIN4O3S. The molecule has 23 heavy (non-hydrogen) atoms. The molecule has 124 valence electrons. The molecule has 2 aromatic rings. The van der Waals surface area contributed by atoms with E-state index in [9.17, 15) is 14.7 Å². The normalized spacial score (nSPS) is 10.4. The number of halogens is 2. The predicted octanol–water partition coefficient (Wildman–Crippen LogP) is 3.90. The van der Waals surface area contributed by atoms with Crippen LogP contribution in [0.3, 0.4) is 0 Å². The number of urea groups is 1. The number of thiophene rings is 1. The summed E-state index contributed by atoms with van der Waals surface area (Å²) in [5, 5.41) is 17.0. The molecule has 0 spiro atoms. The first-order valence-corrected chi connectivity index (χ1v) is 8.74. The summed E-state index contributed by atoms with van der Waals surface area (Å²) in [4.78, 5) is 24.2. The van der Waals surface area contributed by atoms with Crippen molar-refractivity contribution in [3.63, 3.8) is 0 Å². The zero-order chi connectivity index (χ0) is 17.1. The van der Waals surface area contributed by atoms with Gasteiger partial charge in [0.15, 0.2) is 11.4 Å². The van der Waals surface area contributed by atoms with Gasteiger partial charge in [-0.3, -0.25) is 7.91 Å². The summed E-state index contributed by atoms with van der Waals surface area (Å²) in [6.45, 7) is 2.31. The SMILES string of the molecule is CCN(I)C(=O)c1c(O)c(NC(=O)Nc2ccsc2Cl)cn1C. The Morgan fingerprint density at radius 2 is 2.09 bits per heavy atom. The molecule has 2 heterocycles. The zero-order valence-electron chi connectivity index (χ0n) is 12.3. The molecule has 0 bridgehead atoms. The number of aryl methyl sites for hydroxylation is 1. The van der Waals surface area contributed by atoms with Crippen LogP contribution in [-0.2, 0) is 7.05 Å². The van der Waals surface area contributed by atoms with Crippen LogP contribution in [0.15, 0.2) is 17.6 Å². The number of nitrogens with zero attached hydrogens (tertiary/aromatic N) is 2. The van der Waals surface area contributed by atoms with Crippen LogP contribution in [0.4, 0.5) is 16.2 Å². The quantitative estimate of drug-likeness (QED) is 0.470. The van der Waals surface area contributed by atoms with Gasteiger partial charge in [0.1, 0.15) is 10.0 Å². The summed E-state index contributed by atoms with van der Waals surface area (Å²) in [7, 11) is 1.62. The van der Waals surface area contributed by atoms with E-state index in [-0.39, 0.29) is 23.0 Å². The molecular weight excluding hydrogens is 455 g/mol. The topological polar surface area (TPSA) is 86.6 Å². The molecule has 0 aliphatic rings. The lowest BCUT2D eigenvalue weighted by Gasteiger charge is -2.12. The van der Waals surface area contributed by atoms with Crippen molar-refractivity contribution in [3.05, 3.63) is 27.7 Å². The number of aromatic hydroxyl groups is 1. The van der Waals surface area contributed by atoms with Crippen LogP contribution >= 0.6 is 45.8 Å². The fourth-order valence-corrected chi connectivity index (χ4v) is 2.94. The number of carbonyl (C=O) groups is 2. The van der Waals surface area contributed by atoms with Crippen molar-refractivity contribution >= 4 is 69.1 Å². The standard InChI is InChI=1S/C13H14ClIN4O3S/c1-3-19(15)12(21)9-10(20)8(6-18(9)2)17-13(22)16-7-4-5-23-11(7)14/h4-6,20H,3H2,1-2H3,(H2,16,17,22). The number of anilines is 2. The highest BCUT2D eigenvalue weighted by Crippen LogP contribution is 2.32. The minimum Gasteiger partial charge on any atom is -0.504 e. The number of hydrogen-bond acceptors (Lipinski definition) is 4. The van der Waals surface area contributed by atoms with Crippen LogP contribution in [0.2, 0.25) is 4.34 Å². The van der Waals surface area contributed by atoms with Gasteiger partial charge in [0.05, 0.1) is 28.6 Å². The summed E-state index contributed by atoms with van der Waals surface area (Å²) < 4.78 is 3.35. The highest BCUT2D eigenvalue weighted by Gasteiger charge is 2.24. The van der Waals surface area contributed by atoms with E-state index in [1.54, 1.807) is 18.5 Å². The first-order chi connectivity index (χ1) is 10.8. The Morgan fingerprint density at radius 1 is 1.43 bits per heavy atom. The monoisotopic (exact) mass is 468 g/mol. The Bertz CT molecular complexity index is 746. The van der Waals surface area contributed by atoms with Crippen molar-refractivity contribution in [1.82, 2.24) is 7.68 Å². The predicted molar refractivity (Wildman–Crippen MR) is 99.8 cm³/mol. The molecule has 3 amide bonds. The van der Waals surface area contributed by atoms with E-state index in [2.05, 4.69) is 10.6 Å². The van der Waals surface area contributed by atoms with Gasteiger partial charge in [-0.2, -0.15) is 0 Å². The largest absolute Gasteiger partial charge is 0.504 e. The first-order valence-electron chi connectivity index (χ1n) is 6.52. The number of aromatic nitrogens is 1. The highest BCUT2D eigenvalue weighted by atomic mass is 127. The maximum Gasteiger partial charge on any atom is 0.323 e. The Labute approximate surface area is 155 Å². The number of nitrogens with one attached hydrogen (secondary N) is 2. The minimum absolute atomic E-state index is 0.102. The minimum atomic E-state index is -0.563. The molecule has 0 fully saturated rings. The zero-order valence-corrected chi connectivity index (χ0v) is 16.0. The van der Waals surface area contributed by atoms with Gasteiger partial charge < -0.3 is 20.3 Å². The Kier molecular flexibility index (Phi) is 5.76. The van der Waals surface area contributed by atoms with E-state index in [1.165, 1.54) is 25.2 Å². The van der Waals surface area contributed by atoms with Crippen molar-refractivity contribution in [2.45, 2.75) is 6.92 Å². The van der Waals surface area contributed by atoms with E-state index in [4.69, 9.17) is 11.6 Å². The number of carbonyl (C=O) groups excluding carboxylic acids is 2. The highest BCUT2D eigenvalue weighted by molar-refractivity contribution is 14.1. The van der Waals surface area contributed by atoms with E-state index >= 15 is 0 Å². The van der Waals surface area contributed by atoms with Gasteiger partial charge in [-0.25, -0.2) is 4.79 Å². The van der Waals surface area contributed by atoms with Crippen LogP contribution in [0.1, 0.15) is 17.4 Å². The molecule has 0 saturated carbocycles. The van der Waals surface area contributed by atoms with Crippen LogP contribution in [-0.4, -0.2) is 31.3 Å². The van der Waals surface area contributed by atoms with Gasteiger partial charge in [0.25, 0.3) is 5.91 Å². The van der Waals surface area contributed by atoms with Crippen molar-refractivity contribution in [1.29, 1.82) is 0 Å². The molecule has 2 rings (SSSR count). The molecule has 2 aromatic heterocycles. The fraction of sp³-hybridized carbons (Fsp3) is 0.231. The van der Waals surface area contributed by atoms with Crippen LogP contribution in [0.5, 0.6) is 5.75 Å². The third-order valence-corrected chi connectivity index (χ3v) is 5.26. The van der Waals surface area contributed by atoms with E-state index in [0.29, 0.717) is 16.6 Å². The smallest absolute Gasteiger partial charge is 0.323 e. The molecule has 0 unspecified atom stereocenters. The molecule has 7 nitrogen and oxygen atoms in total. The second-order valence-electron chi connectivity index (χ2n) is 4.52. The average Bonchev–Trinajstić information content (AvgIpc) is 3.01. The average molecular weight is 469 g/mol. The van der Waals surface area contributed by atoms with Crippen LogP contribution in [0, 0.1) is 0 Å². The molecule has 0 aromatic carbocycles. The molecule has 0 atom stereocenters. The lowest BCUT2D eigenvalue weighted by Crippen LogP contribution is -2.22. The molecule has 10 heteroatoms. The van der Waals surface area contributed by atoms with Gasteiger partial charge in [0, 0.05) is 19.8 Å². The number of rotatable bonds is 4. The lowest BCUT2D eigenvalue weighted by molar-refractivity contribution is 0.0881. The van der Waals surface area contributed by atoms with E-state index in [1.807, 2.05) is 29.8 Å². The summed E-state index contributed by atoms with van der Waals surface area (Å²) in [6.07, 6.45) is 1.47. The Balaban J connectivity index is 2.17. The summed E-state index contributed by atoms with van der Waals surface area (Å²) in [5.74, 6) is -0.624. The van der Waals surface area contributed by atoms with E-state index < -0.39 is 6.03 Å². The maximum absolute atomic E-state index is 12.2. The van der Waals surface area contributed by atoms with Gasteiger partial charge in [-0.05, 0) is 18.4 Å². The van der Waals surface area contributed by atoms with Crippen molar-refractivity contribution in [2.24, 2.45) is 7.05 Å². The first kappa shape index (κ1) is 17.9. The third kappa shape index (κ3) is 3.90. The number of hydrogen-bond donors (Lipinski definition) is 3. The lowest BCUT2D eigenvalue weighted by atomic mass is 10.3. The van der Waals surface area contributed by atoms with Gasteiger partial charge >= 0.3 is 6.03 Å². The van der Waals surface area contributed by atoms with Crippen LogP contribution in [0.25, 0.3) is 0 Å². The summed E-state index contributed by atoms with van der Waals surface area (Å²) >= 11 is 9.07. The Morgan fingerprint density at radius 3 is 2.65 bits per heavy atom. The summed E-state index contributed by atoms with van der Waals surface area (Å²) in [5.41, 5.74) is 0.719. The molecule has 0 radical (unpaired) electrons. The van der Waals surface area contributed by atoms with Gasteiger partial charge in [0.2, 0.25) is 0 Å². The van der Waals surface area contributed by atoms with Gasteiger partial charge in [-0.1, -0.05) is 11.6 Å². The van der Waals surface area contributed by atoms with E-state index in [0.717, 1.165) is 0 Å². The molecule has 3 N–H and O–H groups in total. The fourth-order valence-electron chi connectivity index (χ4n) is 1.87. The number of amides is 3. The van der Waals surface area contributed by atoms with Crippen molar-refractivity contribution < 1.29 is 14.7 Å². The Hall–Kier alpha value is -1.46. The van der Waals surface area contributed by atoms with Gasteiger partial charge in [-0.15, -0.1) is 11.3 Å². The molecule has 0 saturated heterocycles. The molecule has 0 aliphatic heterocycles.